The standard InChI is InChI=1S/C14H20BrNO/c1-3-13(17)8-6-10-16(2)11-12-7-4-5-9-14(12)15/h4-5,7,9H,3,6,8,10-11H2,1-2H3. The number of carbonyl (C=O) groups excluding carboxylic acids is 1. The largest absolute Gasteiger partial charge is 0.302 e. The van der Waals surface area contributed by atoms with Crippen molar-refractivity contribution in [2.75, 3.05) is 13.6 Å². The summed E-state index contributed by atoms with van der Waals surface area (Å²) in [5.74, 6) is 0.360. The monoisotopic (exact) mass is 297 g/mol. The number of benzene rings is 1. The van der Waals surface area contributed by atoms with Crippen LogP contribution in [-0.2, 0) is 11.3 Å². The van der Waals surface area contributed by atoms with Gasteiger partial charge >= 0.3 is 0 Å². The first-order valence-corrected chi connectivity index (χ1v) is 6.86. The van der Waals surface area contributed by atoms with E-state index in [1.807, 2.05) is 13.0 Å². The highest BCUT2D eigenvalue weighted by atomic mass is 79.9. The van der Waals surface area contributed by atoms with Gasteiger partial charge in [0.25, 0.3) is 0 Å². The van der Waals surface area contributed by atoms with Gasteiger partial charge in [-0.1, -0.05) is 41.1 Å². The van der Waals surface area contributed by atoms with Gasteiger partial charge in [0.15, 0.2) is 0 Å². The van der Waals surface area contributed by atoms with Crippen molar-refractivity contribution in [3.05, 3.63) is 34.3 Å². The fraction of sp³-hybridized carbons (Fsp3) is 0.500. The Morgan fingerprint density at radius 3 is 2.71 bits per heavy atom. The lowest BCUT2D eigenvalue weighted by Crippen LogP contribution is -2.20. The first-order chi connectivity index (χ1) is 8.13. The topological polar surface area (TPSA) is 20.3 Å². The van der Waals surface area contributed by atoms with Gasteiger partial charge in [-0.2, -0.15) is 0 Å². The Kier molecular flexibility index (Phi) is 6.45. The van der Waals surface area contributed by atoms with Crippen molar-refractivity contribution in [2.45, 2.75) is 32.7 Å². The molecule has 0 amide bonds. The van der Waals surface area contributed by atoms with Crippen LogP contribution in [0.4, 0.5) is 0 Å². The van der Waals surface area contributed by atoms with Gasteiger partial charge in [0.05, 0.1) is 0 Å². The SMILES string of the molecule is CCC(=O)CCCN(C)Cc1ccccc1Br. The molecule has 0 aliphatic carbocycles. The Morgan fingerprint density at radius 2 is 2.06 bits per heavy atom. The highest BCUT2D eigenvalue weighted by Crippen LogP contribution is 2.17. The molecule has 0 aliphatic heterocycles. The zero-order valence-corrected chi connectivity index (χ0v) is 12.2. The van der Waals surface area contributed by atoms with Gasteiger partial charge in [0.1, 0.15) is 5.78 Å². The Balaban J connectivity index is 2.32. The highest BCUT2D eigenvalue weighted by Gasteiger charge is 2.04. The fourth-order valence-electron chi connectivity index (χ4n) is 1.72. The molecule has 0 radical (unpaired) electrons. The summed E-state index contributed by atoms with van der Waals surface area (Å²) < 4.78 is 1.15. The third kappa shape index (κ3) is 5.46. The molecule has 3 heteroatoms. The quantitative estimate of drug-likeness (QED) is 0.766. The predicted molar refractivity (Wildman–Crippen MR) is 75.0 cm³/mol. The molecule has 0 fully saturated rings. The second-order valence-electron chi connectivity index (χ2n) is 4.32. The molecule has 0 bridgehead atoms. The van der Waals surface area contributed by atoms with E-state index in [9.17, 15) is 4.79 Å². The first-order valence-electron chi connectivity index (χ1n) is 6.07. The summed E-state index contributed by atoms with van der Waals surface area (Å²) in [5.41, 5.74) is 1.29. The van der Waals surface area contributed by atoms with Crippen LogP contribution in [0.25, 0.3) is 0 Å². The normalized spacial score (nSPS) is 10.8. The van der Waals surface area contributed by atoms with E-state index in [-0.39, 0.29) is 0 Å². The summed E-state index contributed by atoms with van der Waals surface area (Å²) in [4.78, 5) is 13.4. The van der Waals surface area contributed by atoms with E-state index in [1.165, 1.54) is 5.56 Å². The second kappa shape index (κ2) is 7.62. The fourth-order valence-corrected chi connectivity index (χ4v) is 2.13. The molecule has 1 aromatic rings. The average Bonchev–Trinajstić information content (AvgIpc) is 2.32. The minimum absolute atomic E-state index is 0.360. The van der Waals surface area contributed by atoms with Crippen LogP contribution in [0.2, 0.25) is 0 Å². The Bertz CT molecular complexity index is 365. The van der Waals surface area contributed by atoms with E-state index >= 15 is 0 Å². The van der Waals surface area contributed by atoms with Gasteiger partial charge in [-0.05, 0) is 31.6 Å². The second-order valence-corrected chi connectivity index (χ2v) is 5.18. The van der Waals surface area contributed by atoms with Gasteiger partial charge in [0, 0.05) is 23.9 Å². The van der Waals surface area contributed by atoms with E-state index in [1.54, 1.807) is 0 Å². The van der Waals surface area contributed by atoms with E-state index < -0.39 is 0 Å². The number of halogens is 1. The molecule has 94 valence electrons. The summed E-state index contributed by atoms with van der Waals surface area (Å²) >= 11 is 3.55. The van der Waals surface area contributed by atoms with E-state index in [4.69, 9.17) is 0 Å². The van der Waals surface area contributed by atoms with Crippen molar-refractivity contribution in [3.8, 4) is 0 Å². The smallest absolute Gasteiger partial charge is 0.132 e. The number of ketones is 1. The van der Waals surface area contributed by atoms with Crippen molar-refractivity contribution in [3.63, 3.8) is 0 Å². The van der Waals surface area contributed by atoms with Crippen molar-refractivity contribution >= 4 is 21.7 Å². The number of nitrogens with zero attached hydrogens (tertiary/aromatic N) is 1. The average molecular weight is 298 g/mol. The third-order valence-corrected chi connectivity index (χ3v) is 3.56. The lowest BCUT2D eigenvalue weighted by molar-refractivity contribution is -0.118. The van der Waals surface area contributed by atoms with Crippen LogP contribution in [0.3, 0.4) is 0 Å². The number of Topliss-reactive ketones (excluding diaryl/α,β-unsaturated/α-hetero) is 1. The van der Waals surface area contributed by atoms with Crippen LogP contribution in [-0.4, -0.2) is 24.3 Å². The Hall–Kier alpha value is -0.670. The molecular weight excluding hydrogens is 278 g/mol. The summed E-state index contributed by atoms with van der Waals surface area (Å²) in [6.45, 7) is 3.81. The molecule has 0 atom stereocenters. The lowest BCUT2D eigenvalue weighted by Gasteiger charge is -2.17. The van der Waals surface area contributed by atoms with Crippen LogP contribution < -0.4 is 0 Å². The summed E-state index contributed by atoms with van der Waals surface area (Å²) in [6.07, 6.45) is 2.32. The summed E-state index contributed by atoms with van der Waals surface area (Å²) in [6, 6.07) is 8.25. The van der Waals surface area contributed by atoms with Crippen LogP contribution in [0.5, 0.6) is 0 Å². The van der Waals surface area contributed by atoms with E-state index in [0.717, 1.165) is 24.0 Å². The van der Waals surface area contributed by atoms with Gasteiger partial charge in [-0.15, -0.1) is 0 Å². The van der Waals surface area contributed by atoms with Gasteiger partial charge < -0.3 is 4.90 Å². The van der Waals surface area contributed by atoms with E-state index in [2.05, 4.69) is 46.1 Å². The number of hydrogen-bond acceptors (Lipinski definition) is 2. The molecule has 0 aromatic heterocycles. The molecule has 17 heavy (non-hydrogen) atoms. The lowest BCUT2D eigenvalue weighted by atomic mass is 10.1. The van der Waals surface area contributed by atoms with Gasteiger partial charge in [0.2, 0.25) is 0 Å². The summed E-state index contributed by atoms with van der Waals surface area (Å²) in [7, 11) is 2.09. The minimum Gasteiger partial charge on any atom is -0.302 e. The predicted octanol–water partition coefficient (Wildman–Crippen LogP) is 3.64. The molecule has 0 N–H and O–H groups in total. The van der Waals surface area contributed by atoms with Gasteiger partial charge in [-0.3, -0.25) is 4.79 Å². The maximum Gasteiger partial charge on any atom is 0.132 e. The maximum absolute atomic E-state index is 11.2. The molecular formula is C14H20BrNO. The van der Waals surface area contributed by atoms with Gasteiger partial charge in [-0.25, -0.2) is 0 Å². The molecule has 2 nitrogen and oxygen atoms in total. The first kappa shape index (κ1) is 14.4. The molecule has 1 aromatic carbocycles. The summed E-state index contributed by atoms with van der Waals surface area (Å²) in [5, 5.41) is 0. The van der Waals surface area contributed by atoms with Crippen LogP contribution in [0.1, 0.15) is 31.7 Å². The Labute approximate surface area is 112 Å². The van der Waals surface area contributed by atoms with Crippen molar-refractivity contribution in [2.24, 2.45) is 0 Å². The number of carbonyl (C=O) groups is 1. The maximum atomic E-state index is 11.2. The molecule has 1 rings (SSSR count). The molecule has 0 heterocycles. The molecule has 0 spiro atoms. The number of hydrogen-bond donors (Lipinski definition) is 0. The zero-order chi connectivity index (χ0) is 12.7. The molecule has 0 saturated heterocycles. The van der Waals surface area contributed by atoms with Crippen LogP contribution in [0, 0.1) is 0 Å². The van der Waals surface area contributed by atoms with Crippen molar-refractivity contribution in [1.82, 2.24) is 4.90 Å². The highest BCUT2D eigenvalue weighted by molar-refractivity contribution is 9.10. The molecule has 0 aliphatic rings. The molecule has 0 saturated carbocycles. The van der Waals surface area contributed by atoms with Crippen molar-refractivity contribution < 1.29 is 4.79 Å². The minimum atomic E-state index is 0.360. The van der Waals surface area contributed by atoms with Crippen LogP contribution >= 0.6 is 15.9 Å². The van der Waals surface area contributed by atoms with Crippen molar-refractivity contribution in [1.29, 1.82) is 0 Å². The third-order valence-electron chi connectivity index (χ3n) is 2.79. The molecule has 0 unspecified atom stereocenters. The zero-order valence-electron chi connectivity index (χ0n) is 10.6. The van der Waals surface area contributed by atoms with E-state index in [0.29, 0.717) is 18.6 Å². The Morgan fingerprint density at radius 1 is 1.35 bits per heavy atom. The number of rotatable bonds is 7. The van der Waals surface area contributed by atoms with Crippen LogP contribution in [0.15, 0.2) is 28.7 Å².